The largest absolute Gasteiger partial charge is 0.479 e. The van der Waals surface area contributed by atoms with Crippen LogP contribution in [0.25, 0.3) is 0 Å². The lowest BCUT2D eigenvalue weighted by molar-refractivity contribution is -0.387. The number of hydrogen-bond donors (Lipinski definition) is 4. The van der Waals surface area contributed by atoms with Gasteiger partial charge in [-0.3, -0.25) is 10.1 Å². The summed E-state index contributed by atoms with van der Waals surface area (Å²) in [5.74, 6) is -1.67. The molecule has 6 unspecified atom stereocenters. The summed E-state index contributed by atoms with van der Waals surface area (Å²) in [4.78, 5) is 22.0. The van der Waals surface area contributed by atoms with E-state index in [2.05, 4.69) is 0 Å². The zero-order chi connectivity index (χ0) is 22.0. The summed E-state index contributed by atoms with van der Waals surface area (Å²) in [7, 11) is 0. The van der Waals surface area contributed by atoms with Crippen LogP contribution in [0.1, 0.15) is 31.7 Å². The zero-order valence-corrected chi connectivity index (χ0v) is 16.0. The molecule has 3 rings (SSSR count). The molecule has 0 bridgehead atoms. The van der Waals surface area contributed by atoms with Gasteiger partial charge in [0, 0.05) is 24.1 Å². The highest BCUT2D eigenvalue weighted by atomic mass is 16.7. The number of hydrogen-bond acceptors (Lipinski definition) is 10. The molecule has 12 nitrogen and oxygen atoms in total. The van der Waals surface area contributed by atoms with Gasteiger partial charge in [-0.15, -0.1) is 0 Å². The molecule has 0 amide bonds. The van der Waals surface area contributed by atoms with E-state index in [-0.39, 0.29) is 18.1 Å². The average molecular weight is 429 g/mol. The first-order valence-corrected chi connectivity index (χ1v) is 9.41. The highest BCUT2D eigenvalue weighted by molar-refractivity contribution is 5.73. The monoisotopic (exact) mass is 429 g/mol. The molecule has 0 aromatic heterocycles. The summed E-state index contributed by atoms with van der Waals surface area (Å²) >= 11 is 0. The average Bonchev–Trinajstić information content (AvgIpc) is 2.71. The highest BCUT2D eigenvalue weighted by Gasteiger charge is 2.48. The number of nitro groups is 1. The lowest BCUT2D eigenvalue weighted by atomic mass is 9.99. The zero-order valence-electron chi connectivity index (χ0n) is 16.0. The minimum absolute atomic E-state index is 0.0966. The highest BCUT2D eigenvalue weighted by Crippen LogP contribution is 2.39. The molecule has 30 heavy (non-hydrogen) atoms. The van der Waals surface area contributed by atoms with E-state index < -0.39 is 53.6 Å². The molecule has 1 fully saturated rings. The summed E-state index contributed by atoms with van der Waals surface area (Å²) in [6.45, 7) is 2.11. The van der Waals surface area contributed by atoms with Crippen molar-refractivity contribution >= 4 is 11.7 Å². The van der Waals surface area contributed by atoms with E-state index in [9.17, 15) is 30.2 Å². The lowest BCUT2D eigenvalue weighted by Crippen LogP contribution is -2.61. The number of carboxylic acids is 1. The van der Waals surface area contributed by atoms with Crippen LogP contribution >= 0.6 is 0 Å². The van der Waals surface area contributed by atoms with Crippen LogP contribution in [0, 0.1) is 10.1 Å². The minimum atomic E-state index is -1.91. The second-order valence-corrected chi connectivity index (χ2v) is 7.04. The van der Waals surface area contributed by atoms with E-state index in [1.807, 2.05) is 6.92 Å². The van der Waals surface area contributed by atoms with Crippen molar-refractivity contribution in [3.63, 3.8) is 0 Å². The molecule has 6 atom stereocenters. The van der Waals surface area contributed by atoms with Crippen molar-refractivity contribution in [2.75, 3.05) is 0 Å². The number of rotatable bonds is 7. The Labute approximate surface area is 170 Å². The Morgan fingerprint density at radius 1 is 1.27 bits per heavy atom. The first-order chi connectivity index (χ1) is 14.2. The van der Waals surface area contributed by atoms with Crippen LogP contribution in [0.2, 0.25) is 0 Å². The van der Waals surface area contributed by atoms with E-state index in [0.29, 0.717) is 12.0 Å². The maximum absolute atomic E-state index is 11.5. The fourth-order valence-corrected chi connectivity index (χ4v) is 3.20. The SMILES string of the molecule is CCCCC1OCc2cc([N+](=O)[O-])c(OC3OC(C(=O)O)C(O)C(O)C3O)cc2O1. The number of nitrogens with zero attached hydrogens (tertiary/aromatic N) is 1. The minimum Gasteiger partial charge on any atom is -0.479 e. The third-order valence-electron chi connectivity index (χ3n) is 4.87. The number of ether oxygens (including phenoxy) is 4. The first-order valence-electron chi connectivity index (χ1n) is 9.41. The van der Waals surface area contributed by atoms with Crippen molar-refractivity contribution in [3.05, 3.63) is 27.8 Å². The fourth-order valence-electron chi connectivity index (χ4n) is 3.20. The van der Waals surface area contributed by atoms with Gasteiger partial charge in [0.25, 0.3) is 0 Å². The standard InChI is InChI=1S/C18H23NO11/c1-2-3-4-12-27-7-8-5-9(19(25)26)11(6-10(8)28-12)29-18-15(22)13(20)14(21)16(30-18)17(23)24/h5-6,12-16,18,20-22H,2-4,7H2,1H3,(H,23,24). The van der Waals surface area contributed by atoms with Crippen LogP contribution in [0.5, 0.6) is 11.5 Å². The summed E-state index contributed by atoms with van der Waals surface area (Å²) in [6.07, 6.45) is -7.46. The Morgan fingerprint density at radius 2 is 2.00 bits per heavy atom. The smallest absolute Gasteiger partial charge is 0.335 e. The van der Waals surface area contributed by atoms with Crippen molar-refractivity contribution in [2.45, 2.75) is 69.8 Å². The summed E-state index contributed by atoms with van der Waals surface area (Å²) in [5.41, 5.74) is -0.0676. The Balaban J connectivity index is 1.87. The predicted octanol–water partition coefficient (Wildman–Crippen LogP) is 0.291. The molecule has 1 aromatic rings. The van der Waals surface area contributed by atoms with Crippen molar-refractivity contribution in [1.29, 1.82) is 0 Å². The topological polar surface area (TPSA) is 178 Å². The second-order valence-electron chi connectivity index (χ2n) is 7.04. The molecule has 0 radical (unpaired) electrons. The Morgan fingerprint density at radius 3 is 2.63 bits per heavy atom. The molecule has 0 spiro atoms. The Bertz CT molecular complexity index is 801. The van der Waals surface area contributed by atoms with Crippen LogP contribution in [0.15, 0.2) is 12.1 Å². The van der Waals surface area contributed by atoms with Gasteiger partial charge >= 0.3 is 11.7 Å². The van der Waals surface area contributed by atoms with E-state index in [0.717, 1.165) is 12.8 Å². The van der Waals surface area contributed by atoms with Crippen molar-refractivity contribution < 1.29 is 49.1 Å². The van der Waals surface area contributed by atoms with E-state index in [1.54, 1.807) is 0 Å². The number of carbonyl (C=O) groups is 1. The molecule has 4 N–H and O–H groups in total. The Hall–Kier alpha value is -2.51. The maximum Gasteiger partial charge on any atom is 0.335 e. The van der Waals surface area contributed by atoms with Crippen molar-refractivity contribution in [3.8, 4) is 11.5 Å². The molecule has 0 saturated carbocycles. The third kappa shape index (κ3) is 4.47. The fraction of sp³-hybridized carbons (Fsp3) is 0.611. The Kier molecular flexibility index (Phi) is 6.73. The predicted molar refractivity (Wildman–Crippen MR) is 96.8 cm³/mol. The van der Waals surface area contributed by atoms with Crippen molar-refractivity contribution in [1.82, 2.24) is 0 Å². The van der Waals surface area contributed by atoms with E-state index in [4.69, 9.17) is 24.1 Å². The molecule has 0 aliphatic carbocycles. The van der Waals surface area contributed by atoms with Crippen LogP contribution in [-0.4, -0.2) is 68.3 Å². The quantitative estimate of drug-likeness (QED) is 0.346. The molecule has 2 heterocycles. The molecule has 1 saturated heterocycles. The van der Waals surface area contributed by atoms with Crippen LogP contribution in [-0.2, 0) is 20.9 Å². The summed E-state index contributed by atoms with van der Waals surface area (Å²) in [6, 6.07) is 2.42. The number of carboxylic acid groups (broad SMARTS) is 1. The van der Waals surface area contributed by atoms with Gasteiger partial charge in [-0.2, -0.15) is 0 Å². The number of aliphatic hydroxyl groups excluding tert-OH is 3. The molecule has 2 aliphatic heterocycles. The lowest BCUT2D eigenvalue weighted by Gasteiger charge is -2.38. The molecule has 1 aromatic carbocycles. The number of nitro benzene ring substituents is 1. The van der Waals surface area contributed by atoms with Crippen LogP contribution < -0.4 is 9.47 Å². The van der Waals surface area contributed by atoms with Gasteiger partial charge in [0.15, 0.2) is 12.4 Å². The summed E-state index contributed by atoms with van der Waals surface area (Å²) in [5, 5.41) is 50.4. The third-order valence-corrected chi connectivity index (χ3v) is 4.87. The second kappa shape index (κ2) is 9.10. The van der Waals surface area contributed by atoms with Gasteiger partial charge in [-0.05, 0) is 6.42 Å². The van der Waals surface area contributed by atoms with E-state index >= 15 is 0 Å². The molecule has 166 valence electrons. The van der Waals surface area contributed by atoms with Gasteiger partial charge in [0.1, 0.15) is 24.1 Å². The molecule has 2 aliphatic rings. The molecular weight excluding hydrogens is 406 g/mol. The van der Waals surface area contributed by atoms with Crippen LogP contribution in [0.4, 0.5) is 5.69 Å². The number of benzene rings is 1. The van der Waals surface area contributed by atoms with E-state index in [1.165, 1.54) is 12.1 Å². The number of aliphatic carboxylic acids is 1. The van der Waals surface area contributed by atoms with Crippen LogP contribution in [0.3, 0.4) is 0 Å². The van der Waals surface area contributed by atoms with Gasteiger partial charge < -0.3 is 39.4 Å². The van der Waals surface area contributed by atoms with Gasteiger partial charge in [-0.1, -0.05) is 13.3 Å². The maximum atomic E-state index is 11.5. The van der Waals surface area contributed by atoms with Crippen molar-refractivity contribution in [2.24, 2.45) is 0 Å². The molecule has 12 heteroatoms. The number of fused-ring (bicyclic) bond motifs is 1. The van der Waals surface area contributed by atoms with Gasteiger partial charge in [0.05, 0.1) is 11.5 Å². The normalized spacial score (nSPS) is 30.8. The number of aliphatic hydroxyl groups is 3. The molecular formula is C18H23NO11. The number of unbranched alkanes of at least 4 members (excludes halogenated alkanes) is 1. The first kappa shape index (κ1) is 22.2. The van der Waals surface area contributed by atoms with Gasteiger partial charge in [-0.25, -0.2) is 4.79 Å². The van der Waals surface area contributed by atoms with Gasteiger partial charge in [0.2, 0.25) is 12.0 Å². The summed E-state index contributed by atoms with van der Waals surface area (Å²) < 4.78 is 21.7.